The van der Waals surface area contributed by atoms with Gasteiger partial charge in [0.15, 0.2) is 0 Å². The third-order valence-electron chi connectivity index (χ3n) is 3.76. The predicted molar refractivity (Wildman–Crippen MR) is 75.5 cm³/mol. The van der Waals surface area contributed by atoms with E-state index in [0.717, 1.165) is 30.7 Å². The maximum atomic E-state index is 11.8. The number of anilines is 1. The zero-order valence-corrected chi connectivity index (χ0v) is 12.0. The van der Waals surface area contributed by atoms with Crippen molar-refractivity contribution in [2.75, 3.05) is 11.9 Å². The second-order valence-electron chi connectivity index (χ2n) is 5.47. The lowest BCUT2D eigenvalue weighted by molar-refractivity contribution is -0.127. The van der Waals surface area contributed by atoms with E-state index >= 15 is 0 Å². The number of carbonyl (C=O) groups is 2. The Balaban J connectivity index is 1.42. The minimum Gasteiger partial charge on any atom is -0.347 e. The van der Waals surface area contributed by atoms with Crippen LogP contribution in [0, 0.1) is 5.92 Å². The van der Waals surface area contributed by atoms with E-state index in [9.17, 15) is 9.59 Å². The minimum atomic E-state index is -0.241. The summed E-state index contributed by atoms with van der Waals surface area (Å²) in [5.41, 5.74) is 0. The van der Waals surface area contributed by atoms with Crippen LogP contribution in [0.2, 0.25) is 0 Å². The van der Waals surface area contributed by atoms with E-state index in [1.807, 2.05) is 0 Å². The van der Waals surface area contributed by atoms with Gasteiger partial charge in [0.25, 0.3) is 0 Å². The summed E-state index contributed by atoms with van der Waals surface area (Å²) in [4.78, 5) is 23.5. The molecule has 0 aromatic carbocycles. The highest BCUT2D eigenvalue weighted by molar-refractivity contribution is 7.15. The van der Waals surface area contributed by atoms with Crippen LogP contribution < -0.4 is 10.6 Å². The fraction of sp³-hybridized carbons (Fsp3) is 0.692. The molecule has 108 valence electrons. The quantitative estimate of drug-likeness (QED) is 0.865. The Labute approximate surface area is 121 Å². The van der Waals surface area contributed by atoms with E-state index in [2.05, 4.69) is 20.8 Å². The van der Waals surface area contributed by atoms with E-state index < -0.39 is 0 Å². The van der Waals surface area contributed by atoms with Gasteiger partial charge in [-0.25, -0.2) is 0 Å². The van der Waals surface area contributed by atoms with Gasteiger partial charge in [-0.05, 0) is 25.7 Å². The molecule has 2 saturated carbocycles. The van der Waals surface area contributed by atoms with Crippen molar-refractivity contribution in [1.29, 1.82) is 0 Å². The second kappa shape index (κ2) is 5.87. The molecule has 3 rings (SSSR count). The van der Waals surface area contributed by atoms with E-state index in [0.29, 0.717) is 11.0 Å². The molecule has 2 N–H and O–H groups in total. The standard InChI is InChI=1S/C13H18N4O2S/c18-10(7-14-11(19)8-3-1-2-4-8)15-13-17-16-12(20-13)9-5-6-9/h8-9H,1-7H2,(H,14,19)(H,15,17,18). The van der Waals surface area contributed by atoms with Gasteiger partial charge in [-0.3, -0.25) is 14.9 Å². The molecule has 1 aromatic heterocycles. The van der Waals surface area contributed by atoms with Crippen molar-refractivity contribution in [3.63, 3.8) is 0 Å². The van der Waals surface area contributed by atoms with Crippen molar-refractivity contribution >= 4 is 28.3 Å². The summed E-state index contributed by atoms with van der Waals surface area (Å²) < 4.78 is 0. The average molecular weight is 294 g/mol. The van der Waals surface area contributed by atoms with Crippen molar-refractivity contribution < 1.29 is 9.59 Å². The number of hydrogen-bond acceptors (Lipinski definition) is 5. The maximum absolute atomic E-state index is 11.8. The van der Waals surface area contributed by atoms with E-state index in [-0.39, 0.29) is 24.3 Å². The Morgan fingerprint density at radius 2 is 1.90 bits per heavy atom. The van der Waals surface area contributed by atoms with Gasteiger partial charge in [-0.15, -0.1) is 10.2 Å². The summed E-state index contributed by atoms with van der Waals surface area (Å²) in [5, 5.41) is 14.9. The molecule has 0 unspecified atom stereocenters. The van der Waals surface area contributed by atoms with E-state index in [1.165, 1.54) is 24.2 Å². The molecule has 0 saturated heterocycles. The number of amides is 2. The van der Waals surface area contributed by atoms with Gasteiger partial charge in [0.2, 0.25) is 16.9 Å². The third-order valence-corrected chi connectivity index (χ3v) is 4.76. The molecule has 0 spiro atoms. The van der Waals surface area contributed by atoms with Crippen molar-refractivity contribution in [1.82, 2.24) is 15.5 Å². The topological polar surface area (TPSA) is 84.0 Å². The highest BCUT2D eigenvalue weighted by atomic mass is 32.1. The van der Waals surface area contributed by atoms with Gasteiger partial charge in [0, 0.05) is 11.8 Å². The van der Waals surface area contributed by atoms with Crippen LogP contribution in [0.4, 0.5) is 5.13 Å². The van der Waals surface area contributed by atoms with Crippen LogP contribution in [0.5, 0.6) is 0 Å². The SMILES string of the molecule is O=C(CNC(=O)C1CCCC1)Nc1nnc(C2CC2)s1. The van der Waals surface area contributed by atoms with Crippen LogP contribution in [0.15, 0.2) is 0 Å². The molecule has 7 heteroatoms. The summed E-state index contributed by atoms with van der Waals surface area (Å²) in [6.07, 6.45) is 6.43. The Bertz CT molecular complexity index is 506. The fourth-order valence-corrected chi connectivity index (χ4v) is 3.37. The molecular weight excluding hydrogens is 276 g/mol. The first kappa shape index (κ1) is 13.5. The highest BCUT2D eigenvalue weighted by Crippen LogP contribution is 2.41. The largest absolute Gasteiger partial charge is 0.347 e. The first-order chi connectivity index (χ1) is 9.72. The van der Waals surface area contributed by atoms with Crippen molar-refractivity contribution in [2.24, 2.45) is 5.92 Å². The fourth-order valence-electron chi connectivity index (χ4n) is 2.44. The van der Waals surface area contributed by atoms with E-state index in [4.69, 9.17) is 0 Å². The van der Waals surface area contributed by atoms with Gasteiger partial charge in [-0.2, -0.15) is 0 Å². The van der Waals surface area contributed by atoms with Gasteiger partial charge < -0.3 is 5.32 Å². The molecule has 1 heterocycles. The van der Waals surface area contributed by atoms with Crippen molar-refractivity contribution in [3.8, 4) is 0 Å². The molecular formula is C13H18N4O2S. The van der Waals surface area contributed by atoms with Crippen LogP contribution in [0.1, 0.15) is 49.5 Å². The molecule has 0 radical (unpaired) electrons. The molecule has 6 nitrogen and oxygen atoms in total. The molecule has 0 aliphatic heterocycles. The maximum Gasteiger partial charge on any atom is 0.245 e. The lowest BCUT2D eigenvalue weighted by atomic mass is 10.1. The summed E-state index contributed by atoms with van der Waals surface area (Å²) in [6.45, 7) is 0.00761. The molecule has 2 fully saturated rings. The Kier molecular flexibility index (Phi) is 3.95. The average Bonchev–Trinajstić information content (AvgIpc) is 2.96. The summed E-state index contributed by atoms with van der Waals surface area (Å²) in [6, 6.07) is 0. The number of nitrogens with one attached hydrogen (secondary N) is 2. The second-order valence-corrected chi connectivity index (χ2v) is 6.48. The normalized spacial score (nSPS) is 19.0. The molecule has 0 bridgehead atoms. The number of carbonyl (C=O) groups excluding carboxylic acids is 2. The van der Waals surface area contributed by atoms with Gasteiger partial charge >= 0.3 is 0 Å². The molecule has 2 aliphatic rings. The zero-order chi connectivity index (χ0) is 13.9. The summed E-state index contributed by atoms with van der Waals surface area (Å²) >= 11 is 1.42. The van der Waals surface area contributed by atoms with Crippen LogP contribution in [0.3, 0.4) is 0 Å². The molecule has 2 aliphatic carbocycles. The Hall–Kier alpha value is -1.50. The number of nitrogens with zero attached hydrogens (tertiary/aromatic N) is 2. The lowest BCUT2D eigenvalue weighted by Gasteiger charge is -2.09. The number of hydrogen-bond donors (Lipinski definition) is 2. The first-order valence-corrected chi connectivity index (χ1v) is 7.95. The summed E-state index contributed by atoms with van der Waals surface area (Å²) in [5.74, 6) is 0.384. The van der Waals surface area contributed by atoms with Crippen LogP contribution in [0.25, 0.3) is 0 Å². The molecule has 0 atom stereocenters. The van der Waals surface area contributed by atoms with Gasteiger partial charge in [0.05, 0.1) is 6.54 Å². The third kappa shape index (κ3) is 3.33. The Morgan fingerprint density at radius 1 is 1.15 bits per heavy atom. The molecule has 2 amide bonds. The highest BCUT2D eigenvalue weighted by Gasteiger charge is 2.28. The van der Waals surface area contributed by atoms with Gasteiger partial charge in [-0.1, -0.05) is 24.2 Å². The monoisotopic (exact) mass is 294 g/mol. The Morgan fingerprint density at radius 3 is 2.60 bits per heavy atom. The molecule has 20 heavy (non-hydrogen) atoms. The van der Waals surface area contributed by atoms with Gasteiger partial charge in [0.1, 0.15) is 5.01 Å². The van der Waals surface area contributed by atoms with Crippen LogP contribution in [-0.2, 0) is 9.59 Å². The van der Waals surface area contributed by atoms with E-state index in [1.54, 1.807) is 0 Å². The lowest BCUT2D eigenvalue weighted by Crippen LogP contribution is -2.36. The smallest absolute Gasteiger partial charge is 0.245 e. The van der Waals surface area contributed by atoms with Crippen LogP contribution in [-0.4, -0.2) is 28.6 Å². The molecule has 1 aromatic rings. The van der Waals surface area contributed by atoms with Crippen molar-refractivity contribution in [3.05, 3.63) is 5.01 Å². The predicted octanol–water partition coefficient (Wildman–Crippen LogP) is 1.66. The number of rotatable bonds is 5. The minimum absolute atomic E-state index is 0.00594. The zero-order valence-electron chi connectivity index (χ0n) is 11.2. The van der Waals surface area contributed by atoms with Crippen molar-refractivity contribution in [2.45, 2.75) is 44.4 Å². The van der Waals surface area contributed by atoms with Crippen LogP contribution >= 0.6 is 11.3 Å². The first-order valence-electron chi connectivity index (χ1n) is 7.13. The summed E-state index contributed by atoms with van der Waals surface area (Å²) in [7, 11) is 0. The number of aromatic nitrogens is 2.